The zero-order valence-electron chi connectivity index (χ0n) is 43.5. The second kappa shape index (κ2) is 55.4. The van der Waals surface area contributed by atoms with E-state index in [2.05, 4.69) is 179 Å². The highest BCUT2D eigenvalue weighted by Crippen LogP contribution is 2.09. The molecule has 0 saturated heterocycles. The predicted molar refractivity (Wildman–Crippen MR) is 297 cm³/mol. The molecule has 0 spiro atoms. The van der Waals surface area contributed by atoms with Crippen molar-refractivity contribution in [1.82, 2.24) is 0 Å². The van der Waals surface area contributed by atoms with Crippen LogP contribution in [0.25, 0.3) is 0 Å². The van der Waals surface area contributed by atoms with Crippen molar-refractivity contribution in [3.63, 3.8) is 0 Å². The SMILES string of the molecule is CC/C=C\C/C=C\C/C=C\C/C=C\C/C=C\CCCC(=O)OC[C@H](COC(=O)CCCC/C=C\C/C=C\C/C=C\C/C=C\CC)OC(=O)CC/C=C\C/C=C\C/C=C\C/C=C\C/C=C\CCCCC. The van der Waals surface area contributed by atoms with Gasteiger partial charge in [-0.3, -0.25) is 14.4 Å². The molecule has 0 unspecified atom stereocenters. The van der Waals surface area contributed by atoms with Crippen LogP contribution in [0, 0.1) is 0 Å². The van der Waals surface area contributed by atoms with E-state index < -0.39 is 12.1 Å². The van der Waals surface area contributed by atoms with E-state index in [9.17, 15) is 14.4 Å². The molecule has 6 nitrogen and oxygen atoms in total. The molecule has 0 rings (SSSR count). The summed E-state index contributed by atoms with van der Waals surface area (Å²) < 4.78 is 16.6. The largest absolute Gasteiger partial charge is 0.462 e. The molecule has 0 aromatic carbocycles. The maximum absolute atomic E-state index is 12.8. The Kier molecular flexibility index (Phi) is 51.2. The lowest BCUT2D eigenvalue weighted by Gasteiger charge is -2.18. The summed E-state index contributed by atoms with van der Waals surface area (Å²) in [7, 11) is 0. The van der Waals surface area contributed by atoms with E-state index in [0.29, 0.717) is 19.3 Å². The van der Waals surface area contributed by atoms with Gasteiger partial charge in [-0.25, -0.2) is 0 Å². The van der Waals surface area contributed by atoms with Gasteiger partial charge in [0.25, 0.3) is 0 Å². The summed E-state index contributed by atoms with van der Waals surface area (Å²) in [6.07, 6.45) is 82.1. The van der Waals surface area contributed by atoms with E-state index in [1.54, 1.807) is 0 Å². The van der Waals surface area contributed by atoms with E-state index in [1.165, 1.54) is 25.7 Å². The van der Waals surface area contributed by atoms with E-state index in [0.717, 1.165) is 103 Å². The van der Waals surface area contributed by atoms with Crippen molar-refractivity contribution in [1.29, 1.82) is 0 Å². The van der Waals surface area contributed by atoms with Crippen LogP contribution in [0.5, 0.6) is 0 Å². The smallest absolute Gasteiger partial charge is 0.306 e. The molecule has 0 aromatic heterocycles. The molecular weight excluding hydrogens is 853 g/mol. The Bertz CT molecular complexity index is 1650. The van der Waals surface area contributed by atoms with Crippen LogP contribution in [-0.2, 0) is 28.6 Å². The molecule has 382 valence electrons. The van der Waals surface area contributed by atoms with Crippen molar-refractivity contribution in [2.45, 2.75) is 194 Å². The second-order valence-electron chi connectivity index (χ2n) is 16.7. The molecule has 1 atom stereocenters. The number of ether oxygens (including phenoxy) is 3. The van der Waals surface area contributed by atoms with Crippen molar-refractivity contribution in [2.24, 2.45) is 0 Å². The first kappa shape index (κ1) is 63.8. The van der Waals surface area contributed by atoms with Gasteiger partial charge in [0.15, 0.2) is 6.10 Å². The summed E-state index contributed by atoms with van der Waals surface area (Å²) in [5.74, 6) is -1.15. The number of unbranched alkanes of at least 4 members (excludes halogenated alkanes) is 6. The average Bonchev–Trinajstić information content (AvgIpc) is 3.35. The van der Waals surface area contributed by atoms with Gasteiger partial charge in [0, 0.05) is 19.3 Å². The molecule has 0 bridgehead atoms. The topological polar surface area (TPSA) is 78.9 Å². The molecular formula is C63H94O6. The van der Waals surface area contributed by atoms with Crippen LogP contribution in [0.4, 0.5) is 0 Å². The van der Waals surface area contributed by atoms with Gasteiger partial charge in [0.05, 0.1) is 0 Å². The molecule has 0 aliphatic rings. The quantitative estimate of drug-likeness (QED) is 0.0262. The summed E-state index contributed by atoms with van der Waals surface area (Å²) in [6.45, 7) is 6.20. The van der Waals surface area contributed by atoms with Crippen molar-refractivity contribution in [2.75, 3.05) is 13.2 Å². The fraction of sp³-hybridized carbons (Fsp3) is 0.508. The van der Waals surface area contributed by atoms with Crippen LogP contribution >= 0.6 is 0 Å². The molecule has 0 fully saturated rings. The van der Waals surface area contributed by atoms with Gasteiger partial charge in [0.1, 0.15) is 13.2 Å². The fourth-order valence-corrected chi connectivity index (χ4v) is 6.27. The Labute approximate surface area is 422 Å². The van der Waals surface area contributed by atoms with Gasteiger partial charge < -0.3 is 14.2 Å². The number of carbonyl (C=O) groups excluding carboxylic acids is 3. The highest BCUT2D eigenvalue weighted by molar-refractivity contribution is 5.71. The van der Waals surface area contributed by atoms with Crippen LogP contribution in [-0.4, -0.2) is 37.2 Å². The predicted octanol–water partition coefficient (Wildman–Crippen LogP) is 18.0. The first-order chi connectivity index (χ1) is 34.0. The lowest BCUT2D eigenvalue weighted by Crippen LogP contribution is -2.30. The Morgan fingerprint density at radius 2 is 0.594 bits per heavy atom. The molecule has 6 heteroatoms. The van der Waals surface area contributed by atoms with Crippen molar-refractivity contribution in [3.05, 3.63) is 170 Å². The normalized spacial score (nSPS) is 13.5. The van der Waals surface area contributed by atoms with E-state index in [-0.39, 0.29) is 44.4 Å². The van der Waals surface area contributed by atoms with Crippen LogP contribution in [0.2, 0.25) is 0 Å². The van der Waals surface area contributed by atoms with E-state index in [4.69, 9.17) is 14.2 Å². The Morgan fingerprint density at radius 3 is 0.942 bits per heavy atom. The minimum absolute atomic E-state index is 0.156. The average molecular weight is 947 g/mol. The highest BCUT2D eigenvalue weighted by Gasteiger charge is 2.19. The zero-order chi connectivity index (χ0) is 50.0. The molecule has 0 aliphatic carbocycles. The zero-order valence-corrected chi connectivity index (χ0v) is 43.5. The Balaban J connectivity index is 4.70. The number of hydrogen-bond donors (Lipinski definition) is 0. The molecule has 0 N–H and O–H groups in total. The summed E-state index contributed by atoms with van der Waals surface area (Å²) >= 11 is 0. The van der Waals surface area contributed by atoms with Crippen LogP contribution < -0.4 is 0 Å². The summed E-state index contributed by atoms with van der Waals surface area (Å²) in [4.78, 5) is 38.0. The number of carbonyl (C=O) groups is 3. The molecule has 0 heterocycles. The first-order valence-corrected chi connectivity index (χ1v) is 26.6. The first-order valence-electron chi connectivity index (χ1n) is 26.6. The minimum atomic E-state index is -0.867. The molecule has 0 radical (unpaired) electrons. The molecule has 0 amide bonds. The number of hydrogen-bond acceptors (Lipinski definition) is 6. The Morgan fingerprint density at radius 1 is 0.304 bits per heavy atom. The van der Waals surface area contributed by atoms with E-state index in [1.807, 2.05) is 12.2 Å². The minimum Gasteiger partial charge on any atom is -0.462 e. The van der Waals surface area contributed by atoms with Crippen LogP contribution in [0.15, 0.2) is 170 Å². The number of esters is 3. The van der Waals surface area contributed by atoms with Crippen molar-refractivity contribution in [3.8, 4) is 0 Å². The van der Waals surface area contributed by atoms with Crippen LogP contribution in [0.3, 0.4) is 0 Å². The monoisotopic (exact) mass is 947 g/mol. The third-order valence-corrected chi connectivity index (χ3v) is 10.2. The molecule has 0 saturated carbocycles. The summed E-state index contributed by atoms with van der Waals surface area (Å²) in [5, 5.41) is 0. The van der Waals surface area contributed by atoms with Gasteiger partial charge in [-0.15, -0.1) is 0 Å². The van der Waals surface area contributed by atoms with Gasteiger partial charge >= 0.3 is 17.9 Å². The van der Waals surface area contributed by atoms with Gasteiger partial charge in [-0.2, -0.15) is 0 Å². The number of allylic oxidation sites excluding steroid dienone is 28. The molecule has 0 aliphatic heterocycles. The third kappa shape index (κ3) is 53.6. The third-order valence-electron chi connectivity index (χ3n) is 10.2. The summed E-state index contributed by atoms with van der Waals surface area (Å²) in [6, 6.07) is 0. The maximum atomic E-state index is 12.8. The standard InChI is InChI=1S/C63H94O6/c1-4-7-10-13-16-19-22-25-28-30-31-33-36-39-42-45-48-51-54-57-63(66)69-60(58-67-61(64)55-52-49-46-43-40-37-34-27-24-21-18-15-12-9-6-3)59-68-62(65)56-53-50-47-44-41-38-35-32-29-26-23-20-17-14-11-8-5-2/h8-9,11-12,16-21,25-29,31,33-35,38-40,42-44,47-48,51,60H,4-7,10,13-15,22-24,30,32,36-37,41,45-46,49-50,52-59H2,1-3H3/b11-8-,12-9-,19-16-,20-17-,21-18-,28-25-,29-26-,33-31-,34-27-,38-35-,42-39-,43-40-,47-44-,51-48-/t60-/m0/s1. The summed E-state index contributed by atoms with van der Waals surface area (Å²) in [5.41, 5.74) is 0. The van der Waals surface area contributed by atoms with Gasteiger partial charge in [-0.1, -0.05) is 204 Å². The highest BCUT2D eigenvalue weighted by atomic mass is 16.6. The molecule has 0 aromatic rings. The fourth-order valence-electron chi connectivity index (χ4n) is 6.27. The number of rotatable bonds is 45. The van der Waals surface area contributed by atoms with Crippen LogP contribution in [0.1, 0.15) is 188 Å². The molecule has 69 heavy (non-hydrogen) atoms. The maximum Gasteiger partial charge on any atom is 0.306 e. The van der Waals surface area contributed by atoms with Crippen molar-refractivity contribution < 1.29 is 28.6 Å². The lowest BCUT2D eigenvalue weighted by atomic mass is 10.2. The second-order valence-corrected chi connectivity index (χ2v) is 16.7. The van der Waals surface area contributed by atoms with Gasteiger partial charge in [0.2, 0.25) is 0 Å². The van der Waals surface area contributed by atoms with Gasteiger partial charge in [-0.05, 0) is 135 Å². The van der Waals surface area contributed by atoms with E-state index >= 15 is 0 Å². The van der Waals surface area contributed by atoms with Crippen molar-refractivity contribution >= 4 is 17.9 Å². The Hall–Kier alpha value is -5.23. The lowest BCUT2D eigenvalue weighted by molar-refractivity contribution is -0.166.